The van der Waals surface area contributed by atoms with E-state index in [0.717, 1.165) is 10.1 Å². The summed E-state index contributed by atoms with van der Waals surface area (Å²) in [7, 11) is 0. The van der Waals surface area contributed by atoms with Crippen LogP contribution in [0.25, 0.3) is 15.8 Å². The van der Waals surface area contributed by atoms with E-state index in [9.17, 15) is 14.4 Å². The quantitative estimate of drug-likeness (QED) is 0.496. The molecule has 1 unspecified atom stereocenters. The Balaban J connectivity index is 1.42. The van der Waals surface area contributed by atoms with Gasteiger partial charge in [-0.05, 0) is 40.9 Å². The van der Waals surface area contributed by atoms with Gasteiger partial charge in [-0.3, -0.25) is 9.59 Å². The van der Waals surface area contributed by atoms with E-state index in [1.807, 2.05) is 17.5 Å². The monoisotopic (exact) mass is 411 g/mol. The van der Waals surface area contributed by atoms with Crippen LogP contribution in [-0.4, -0.2) is 42.0 Å². The number of benzene rings is 1. The highest BCUT2D eigenvalue weighted by Gasteiger charge is 2.18. The molecule has 0 fully saturated rings. The Hall–Kier alpha value is -3.60. The van der Waals surface area contributed by atoms with Crippen LogP contribution in [0.3, 0.4) is 0 Å². The molecule has 1 N–H and O–H groups in total. The number of hydrogen-bond donors (Lipinski definition) is 1. The van der Waals surface area contributed by atoms with Crippen molar-refractivity contribution in [3.8, 4) is 5.00 Å². The number of rotatable bonds is 6. The number of thiophene rings is 1. The van der Waals surface area contributed by atoms with Gasteiger partial charge in [0.1, 0.15) is 11.0 Å². The predicted octanol–water partition coefficient (Wildman–Crippen LogP) is 0.578. The number of carbonyl (C=O) groups is 1. The van der Waals surface area contributed by atoms with Crippen molar-refractivity contribution in [1.82, 2.24) is 34.9 Å². The summed E-state index contributed by atoms with van der Waals surface area (Å²) in [6, 6.07) is 9.86. The fourth-order valence-electron chi connectivity index (χ4n) is 2.87. The van der Waals surface area contributed by atoms with Crippen LogP contribution in [0.1, 0.15) is 13.0 Å². The van der Waals surface area contributed by atoms with Gasteiger partial charge >= 0.3 is 5.69 Å². The average molecular weight is 411 g/mol. The Morgan fingerprint density at radius 1 is 1.17 bits per heavy atom. The SMILES string of the molecule is CC(C(=O)NCCn1nnn(-c2cccs2)c1=O)n1ncc2ccccc2c1=O. The third-order valence-corrected chi connectivity index (χ3v) is 5.29. The molecule has 0 saturated heterocycles. The summed E-state index contributed by atoms with van der Waals surface area (Å²) in [6.07, 6.45) is 1.56. The van der Waals surface area contributed by atoms with Crippen molar-refractivity contribution < 1.29 is 4.79 Å². The fraction of sp³-hybridized carbons (Fsp3) is 0.222. The molecule has 1 amide bonds. The fourth-order valence-corrected chi connectivity index (χ4v) is 3.54. The highest BCUT2D eigenvalue weighted by atomic mass is 32.1. The first-order valence-corrected chi connectivity index (χ1v) is 9.75. The van der Waals surface area contributed by atoms with Gasteiger partial charge < -0.3 is 5.32 Å². The maximum Gasteiger partial charge on any atom is 0.369 e. The molecule has 0 spiro atoms. The molecule has 0 bridgehead atoms. The van der Waals surface area contributed by atoms with Crippen LogP contribution < -0.4 is 16.6 Å². The molecule has 29 heavy (non-hydrogen) atoms. The van der Waals surface area contributed by atoms with Crippen LogP contribution in [0, 0.1) is 0 Å². The minimum absolute atomic E-state index is 0.155. The third kappa shape index (κ3) is 3.59. The molecule has 0 aliphatic heterocycles. The minimum Gasteiger partial charge on any atom is -0.352 e. The summed E-state index contributed by atoms with van der Waals surface area (Å²) in [6.45, 7) is 1.91. The van der Waals surface area contributed by atoms with Gasteiger partial charge in [-0.25, -0.2) is 9.48 Å². The Morgan fingerprint density at radius 2 is 2.00 bits per heavy atom. The number of nitrogens with one attached hydrogen (secondary N) is 1. The van der Waals surface area contributed by atoms with Crippen LogP contribution >= 0.6 is 11.3 Å². The van der Waals surface area contributed by atoms with Gasteiger partial charge in [0.2, 0.25) is 5.91 Å². The number of aromatic nitrogens is 6. The normalized spacial score (nSPS) is 12.2. The molecular weight excluding hydrogens is 394 g/mol. The van der Waals surface area contributed by atoms with Crippen LogP contribution in [0.4, 0.5) is 0 Å². The molecule has 1 aromatic carbocycles. The van der Waals surface area contributed by atoms with Crippen LogP contribution in [-0.2, 0) is 11.3 Å². The summed E-state index contributed by atoms with van der Waals surface area (Å²) in [5, 5.41) is 18.2. The summed E-state index contributed by atoms with van der Waals surface area (Å²) >= 11 is 1.37. The number of amides is 1. The van der Waals surface area contributed by atoms with Crippen molar-refractivity contribution in [2.24, 2.45) is 0 Å². The molecule has 0 radical (unpaired) electrons. The molecule has 11 heteroatoms. The average Bonchev–Trinajstić information content (AvgIpc) is 3.38. The molecule has 10 nitrogen and oxygen atoms in total. The largest absolute Gasteiger partial charge is 0.369 e. The molecule has 3 aromatic heterocycles. The van der Waals surface area contributed by atoms with Gasteiger partial charge in [0.05, 0.1) is 18.1 Å². The maximum absolute atomic E-state index is 12.6. The Bertz CT molecular complexity index is 1270. The molecule has 4 rings (SSSR count). The Morgan fingerprint density at radius 3 is 2.79 bits per heavy atom. The lowest BCUT2D eigenvalue weighted by Crippen LogP contribution is -2.39. The van der Waals surface area contributed by atoms with E-state index in [1.54, 1.807) is 37.4 Å². The smallest absolute Gasteiger partial charge is 0.352 e. The summed E-state index contributed by atoms with van der Waals surface area (Å²) < 4.78 is 3.52. The lowest BCUT2D eigenvalue weighted by molar-refractivity contribution is -0.124. The van der Waals surface area contributed by atoms with Gasteiger partial charge in [-0.1, -0.05) is 18.2 Å². The van der Waals surface area contributed by atoms with Gasteiger partial charge in [-0.2, -0.15) is 14.5 Å². The number of fused-ring (bicyclic) bond motifs is 1. The highest BCUT2D eigenvalue weighted by molar-refractivity contribution is 7.12. The van der Waals surface area contributed by atoms with E-state index in [2.05, 4.69) is 20.8 Å². The second-order valence-electron chi connectivity index (χ2n) is 6.30. The molecule has 3 heterocycles. The van der Waals surface area contributed by atoms with E-state index in [1.165, 1.54) is 20.7 Å². The standard InChI is InChI=1S/C18H17N7O3S/c1-12(24-17(27)14-6-3-2-5-13(14)11-20-24)16(26)19-8-9-23-18(28)25(22-21-23)15-7-4-10-29-15/h2-7,10-12H,8-9H2,1H3,(H,19,26). The van der Waals surface area contributed by atoms with E-state index < -0.39 is 6.04 Å². The van der Waals surface area contributed by atoms with Crippen molar-refractivity contribution in [1.29, 1.82) is 0 Å². The summed E-state index contributed by atoms with van der Waals surface area (Å²) in [5.41, 5.74) is -0.719. The lowest BCUT2D eigenvalue weighted by atomic mass is 10.2. The zero-order chi connectivity index (χ0) is 20.4. The van der Waals surface area contributed by atoms with Crippen molar-refractivity contribution in [2.75, 3.05) is 6.54 Å². The van der Waals surface area contributed by atoms with Gasteiger partial charge in [0.15, 0.2) is 0 Å². The first kappa shape index (κ1) is 18.7. The van der Waals surface area contributed by atoms with E-state index in [0.29, 0.717) is 10.4 Å². The Labute approximate surface area is 168 Å². The van der Waals surface area contributed by atoms with Gasteiger partial charge in [-0.15, -0.1) is 11.3 Å². The first-order chi connectivity index (χ1) is 14.1. The topological polar surface area (TPSA) is 117 Å². The maximum atomic E-state index is 12.6. The van der Waals surface area contributed by atoms with E-state index in [-0.39, 0.29) is 30.2 Å². The van der Waals surface area contributed by atoms with Gasteiger partial charge in [0.25, 0.3) is 5.56 Å². The van der Waals surface area contributed by atoms with Crippen molar-refractivity contribution >= 4 is 28.0 Å². The summed E-state index contributed by atoms with van der Waals surface area (Å²) in [5.74, 6) is -0.381. The predicted molar refractivity (Wildman–Crippen MR) is 107 cm³/mol. The molecule has 148 valence electrons. The molecule has 0 saturated carbocycles. The van der Waals surface area contributed by atoms with Crippen LogP contribution in [0.2, 0.25) is 0 Å². The highest BCUT2D eigenvalue weighted by Crippen LogP contribution is 2.11. The number of tetrazole rings is 1. The number of hydrogen-bond acceptors (Lipinski definition) is 7. The first-order valence-electron chi connectivity index (χ1n) is 8.87. The van der Waals surface area contributed by atoms with E-state index >= 15 is 0 Å². The molecular formula is C18H17N7O3S. The third-order valence-electron chi connectivity index (χ3n) is 4.44. The van der Waals surface area contributed by atoms with Gasteiger partial charge in [0, 0.05) is 11.9 Å². The van der Waals surface area contributed by atoms with Crippen molar-refractivity contribution in [3.05, 3.63) is 68.8 Å². The lowest BCUT2D eigenvalue weighted by Gasteiger charge is -2.14. The Kier molecular flexibility index (Phi) is 5.04. The zero-order valence-corrected chi connectivity index (χ0v) is 16.2. The molecule has 4 aromatic rings. The number of nitrogens with zero attached hydrogens (tertiary/aromatic N) is 6. The second-order valence-corrected chi connectivity index (χ2v) is 7.22. The van der Waals surface area contributed by atoms with Crippen LogP contribution in [0.5, 0.6) is 0 Å². The summed E-state index contributed by atoms with van der Waals surface area (Å²) in [4.78, 5) is 37.4. The molecule has 0 aliphatic rings. The number of carbonyl (C=O) groups excluding carboxylic acids is 1. The van der Waals surface area contributed by atoms with Crippen molar-refractivity contribution in [2.45, 2.75) is 19.5 Å². The van der Waals surface area contributed by atoms with E-state index in [4.69, 9.17) is 0 Å². The minimum atomic E-state index is -0.800. The van der Waals surface area contributed by atoms with Crippen LogP contribution in [0.15, 0.2) is 57.6 Å². The molecule has 1 atom stereocenters. The molecule has 0 aliphatic carbocycles. The van der Waals surface area contributed by atoms with Crippen molar-refractivity contribution in [3.63, 3.8) is 0 Å². The second kappa shape index (κ2) is 7.80. The zero-order valence-electron chi connectivity index (χ0n) is 15.4.